The molecule has 5 heteroatoms. The number of aromatic hydroxyl groups is 2. The van der Waals surface area contributed by atoms with E-state index in [4.69, 9.17) is 10.4 Å². The van der Waals surface area contributed by atoms with E-state index in [1.165, 1.54) is 24.3 Å². The zero-order valence-electron chi connectivity index (χ0n) is 10.1. The maximum absolute atomic E-state index is 11.6. The van der Waals surface area contributed by atoms with Crippen molar-refractivity contribution in [3.8, 4) is 17.6 Å². The van der Waals surface area contributed by atoms with E-state index in [0.29, 0.717) is 5.56 Å². The average molecular weight is 246 g/mol. The number of benzene rings is 1. The van der Waals surface area contributed by atoms with E-state index in [1.807, 2.05) is 0 Å². The summed E-state index contributed by atoms with van der Waals surface area (Å²) < 4.78 is 0. The van der Waals surface area contributed by atoms with Crippen LogP contribution in [0.5, 0.6) is 11.5 Å². The standard InChI is InChI=1S/C13H14N2O3/c1-8(2)15-13(18)10(7-14)5-9-3-4-11(16)12(17)6-9/h3-6,8,16-17H,1-2H3,(H,15,18)/b10-5+. The van der Waals surface area contributed by atoms with Gasteiger partial charge in [-0.3, -0.25) is 4.79 Å². The number of nitrogens with one attached hydrogen (secondary N) is 1. The Bertz CT molecular complexity index is 528. The molecule has 0 aliphatic heterocycles. The van der Waals surface area contributed by atoms with Gasteiger partial charge in [0.2, 0.25) is 0 Å². The summed E-state index contributed by atoms with van der Waals surface area (Å²) in [4.78, 5) is 11.6. The van der Waals surface area contributed by atoms with Gasteiger partial charge in [0, 0.05) is 6.04 Å². The number of hydrogen-bond donors (Lipinski definition) is 3. The highest BCUT2D eigenvalue weighted by Crippen LogP contribution is 2.25. The van der Waals surface area contributed by atoms with Crippen LogP contribution in [0.3, 0.4) is 0 Å². The number of phenols is 2. The SMILES string of the molecule is CC(C)NC(=O)/C(C#N)=C/c1ccc(O)c(O)c1. The largest absolute Gasteiger partial charge is 0.504 e. The first-order valence-electron chi connectivity index (χ1n) is 5.38. The molecule has 1 aromatic carbocycles. The number of carbonyl (C=O) groups is 1. The van der Waals surface area contributed by atoms with Crippen molar-refractivity contribution in [2.24, 2.45) is 0 Å². The lowest BCUT2D eigenvalue weighted by Crippen LogP contribution is -2.30. The summed E-state index contributed by atoms with van der Waals surface area (Å²) in [6.07, 6.45) is 1.34. The fraction of sp³-hybridized carbons (Fsp3) is 0.231. The molecule has 0 atom stereocenters. The fourth-order valence-electron chi connectivity index (χ4n) is 1.29. The summed E-state index contributed by atoms with van der Waals surface area (Å²) in [5.74, 6) is -1.03. The summed E-state index contributed by atoms with van der Waals surface area (Å²) in [5.41, 5.74) is 0.398. The minimum absolute atomic E-state index is 0.0613. The molecule has 0 aliphatic carbocycles. The molecule has 0 saturated carbocycles. The van der Waals surface area contributed by atoms with Crippen LogP contribution in [0.25, 0.3) is 6.08 Å². The number of rotatable bonds is 3. The van der Waals surface area contributed by atoms with Gasteiger partial charge in [-0.05, 0) is 37.6 Å². The van der Waals surface area contributed by atoms with Crippen molar-refractivity contribution in [2.45, 2.75) is 19.9 Å². The molecule has 3 N–H and O–H groups in total. The molecule has 0 unspecified atom stereocenters. The van der Waals surface area contributed by atoms with Gasteiger partial charge in [-0.1, -0.05) is 6.07 Å². The third-order valence-corrected chi connectivity index (χ3v) is 2.10. The Kier molecular flexibility index (Phi) is 4.33. The van der Waals surface area contributed by atoms with Gasteiger partial charge in [0.1, 0.15) is 11.6 Å². The van der Waals surface area contributed by atoms with Crippen LogP contribution >= 0.6 is 0 Å². The van der Waals surface area contributed by atoms with Crippen molar-refractivity contribution in [1.29, 1.82) is 5.26 Å². The van der Waals surface area contributed by atoms with Crippen LogP contribution in [-0.2, 0) is 4.79 Å². The predicted octanol–water partition coefficient (Wildman–Crippen LogP) is 1.53. The third kappa shape index (κ3) is 3.52. The van der Waals surface area contributed by atoms with Gasteiger partial charge in [0.15, 0.2) is 11.5 Å². The number of nitriles is 1. The lowest BCUT2D eigenvalue weighted by Gasteiger charge is -2.07. The number of carbonyl (C=O) groups excluding carboxylic acids is 1. The zero-order chi connectivity index (χ0) is 13.7. The smallest absolute Gasteiger partial charge is 0.262 e. The Morgan fingerprint density at radius 1 is 1.39 bits per heavy atom. The zero-order valence-corrected chi connectivity index (χ0v) is 10.1. The van der Waals surface area contributed by atoms with Gasteiger partial charge in [-0.2, -0.15) is 5.26 Å². The molecule has 94 valence electrons. The quantitative estimate of drug-likeness (QED) is 0.428. The predicted molar refractivity (Wildman–Crippen MR) is 66.6 cm³/mol. The number of hydrogen-bond acceptors (Lipinski definition) is 4. The van der Waals surface area contributed by atoms with Crippen molar-refractivity contribution < 1.29 is 15.0 Å². The van der Waals surface area contributed by atoms with Gasteiger partial charge < -0.3 is 15.5 Å². The molecule has 0 bridgehead atoms. The van der Waals surface area contributed by atoms with Crippen LogP contribution in [0.15, 0.2) is 23.8 Å². The normalized spacial score (nSPS) is 11.1. The highest BCUT2D eigenvalue weighted by atomic mass is 16.3. The summed E-state index contributed by atoms with van der Waals surface area (Å²) in [6.45, 7) is 3.58. The first-order valence-corrected chi connectivity index (χ1v) is 5.38. The van der Waals surface area contributed by atoms with Crippen LogP contribution in [0.2, 0.25) is 0 Å². The Hall–Kier alpha value is -2.48. The molecule has 0 saturated heterocycles. The maximum Gasteiger partial charge on any atom is 0.262 e. The summed E-state index contributed by atoms with van der Waals surface area (Å²) in [5, 5.41) is 30.0. The van der Waals surface area contributed by atoms with Crippen LogP contribution < -0.4 is 5.32 Å². The second-order valence-corrected chi connectivity index (χ2v) is 4.05. The van der Waals surface area contributed by atoms with Crippen LogP contribution in [0, 0.1) is 11.3 Å². The molecule has 0 spiro atoms. The van der Waals surface area contributed by atoms with E-state index in [-0.39, 0.29) is 23.1 Å². The van der Waals surface area contributed by atoms with Crippen molar-refractivity contribution in [3.63, 3.8) is 0 Å². The van der Waals surface area contributed by atoms with Crippen molar-refractivity contribution in [1.82, 2.24) is 5.32 Å². The number of nitrogens with zero attached hydrogens (tertiary/aromatic N) is 1. The van der Waals surface area contributed by atoms with E-state index in [1.54, 1.807) is 19.9 Å². The van der Waals surface area contributed by atoms with E-state index in [0.717, 1.165) is 0 Å². The van der Waals surface area contributed by atoms with Gasteiger partial charge in [0.05, 0.1) is 0 Å². The van der Waals surface area contributed by atoms with Gasteiger partial charge in [-0.25, -0.2) is 0 Å². The van der Waals surface area contributed by atoms with E-state index >= 15 is 0 Å². The molecular formula is C13H14N2O3. The van der Waals surface area contributed by atoms with E-state index < -0.39 is 5.91 Å². The monoisotopic (exact) mass is 246 g/mol. The fourth-order valence-corrected chi connectivity index (χ4v) is 1.29. The summed E-state index contributed by atoms with van der Waals surface area (Å²) >= 11 is 0. The minimum Gasteiger partial charge on any atom is -0.504 e. The number of phenolic OH excluding ortho intramolecular Hbond substituents is 2. The molecule has 0 fully saturated rings. The molecule has 1 rings (SSSR count). The highest BCUT2D eigenvalue weighted by molar-refractivity contribution is 6.01. The van der Waals surface area contributed by atoms with Gasteiger partial charge in [-0.15, -0.1) is 0 Å². The number of amides is 1. The first-order chi connectivity index (χ1) is 8.43. The molecule has 5 nitrogen and oxygen atoms in total. The molecule has 0 aliphatic rings. The lowest BCUT2D eigenvalue weighted by molar-refractivity contribution is -0.117. The van der Waals surface area contributed by atoms with Crippen LogP contribution in [-0.4, -0.2) is 22.2 Å². The molecule has 1 aromatic rings. The molecular weight excluding hydrogens is 232 g/mol. The van der Waals surface area contributed by atoms with E-state index in [2.05, 4.69) is 5.32 Å². The average Bonchev–Trinajstić information content (AvgIpc) is 2.29. The Morgan fingerprint density at radius 3 is 2.56 bits per heavy atom. The summed E-state index contributed by atoms with van der Waals surface area (Å²) in [6, 6.07) is 5.78. The highest BCUT2D eigenvalue weighted by Gasteiger charge is 2.10. The van der Waals surface area contributed by atoms with E-state index in [9.17, 15) is 9.90 Å². The molecule has 18 heavy (non-hydrogen) atoms. The van der Waals surface area contributed by atoms with Crippen LogP contribution in [0.1, 0.15) is 19.4 Å². The van der Waals surface area contributed by atoms with Crippen LogP contribution in [0.4, 0.5) is 0 Å². The Labute approximate surface area is 105 Å². The first kappa shape index (κ1) is 13.6. The van der Waals surface area contributed by atoms with Gasteiger partial charge >= 0.3 is 0 Å². The second-order valence-electron chi connectivity index (χ2n) is 4.05. The minimum atomic E-state index is -0.472. The third-order valence-electron chi connectivity index (χ3n) is 2.10. The van der Waals surface area contributed by atoms with Crippen molar-refractivity contribution in [3.05, 3.63) is 29.3 Å². The summed E-state index contributed by atoms with van der Waals surface area (Å²) in [7, 11) is 0. The molecule has 0 aromatic heterocycles. The molecule has 1 amide bonds. The maximum atomic E-state index is 11.6. The Balaban J connectivity index is 3.01. The van der Waals surface area contributed by atoms with Crippen molar-refractivity contribution in [2.75, 3.05) is 0 Å². The Morgan fingerprint density at radius 2 is 2.06 bits per heavy atom. The second kappa shape index (κ2) is 5.73. The van der Waals surface area contributed by atoms with Crippen molar-refractivity contribution >= 4 is 12.0 Å². The topological polar surface area (TPSA) is 93.4 Å². The molecule has 0 radical (unpaired) electrons. The lowest BCUT2D eigenvalue weighted by atomic mass is 10.1. The van der Waals surface area contributed by atoms with Gasteiger partial charge in [0.25, 0.3) is 5.91 Å². The molecule has 0 heterocycles.